The molecule has 26 heavy (non-hydrogen) atoms. The van der Waals surface area contributed by atoms with Crippen molar-refractivity contribution in [3.8, 4) is 0 Å². The molecule has 2 N–H and O–H groups in total. The van der Waals surface area contributed by atoms with Crippen LogP contribution in [0, 0.1) is 0 Å². The lowest BCUT2D eigenvalue weighted by atomic mass is 10.1. The van der Waals surface area contributed by atoms with Crippen LogP contribution >= 0.6 is 11.3 Å². The Morgan fingerprint density at radius 3 is 2.88 bits per heavy atom. The van der Waals surface area contributed by atoms with Crippen LogP contribution in [0.5, 0.6) is 0 Å². The van der Waals surface area contributed by atoms with Crippen LogP contribution in [0.2, 0.25) is 0 Å². The van der Waals surface area contributed by atoms with Crippen LogP contribution in [0.3, 0.4) is 0 Å². The minimum atomic E-state index is -4.68. The van der Waals surface area contributed by atoms with Crippen LogP contribution < -0.4 is 5.32 Å². The fourth-order valence-electron chi connectivity index (χ4n) is 2.61. The Morgan fingerprint density at radius 1 is 1.27 bits per heavy atom. The molecule has 3 aromatic heterocycles. The molecule has 0 atom stereocenters. The lowest BCUT2D eigenvalue weighted by molar-refractivity contribution is -0.146. The number of nitrogens with one attached hydrogen (secondary N) is 2. The monoisotopic (exact) mass is 380 g/mol. The van der Waals surface area contributed by atoms with Gasteiger partial charge in [-0.05, 0) is 18.1 Å². The van der Waals surface area contributed by atoms with Crippen molar-refractivity contribution in [1.82, 2.24) is 30.1 Å². The smallest absolute Gasteiger partial charge is 0.361 e. The average molecular weight is 380 g/mol. The summed E-state index contributed by atoms with van der Waals surface area (Å²) in [7, 11) is 0. The van der Waals surface area contributed by atoms with Gasteiger partial charge in [-0.15, -0.1) is 15.3 Å². The molecule has 0 aliphatic rings. The Morgan fingerprint density at radius 2 is 2.08 bits per heavy atom. The van der Waals surface area contributed by atoms with E-state index in [1.807, 2.05) is 30.5 Å². The van der Waals surface area contributed by atoms with Crippen molar-refractivity contribution in [2.24, 2.45) is 0 Å². The maximum atomic E-state index is 12.8. The predicted molar refractivity (Wildman–Crippen MR) is 88.0 cm³/mol. The number of carbonyl (C=O) groups excluding carboxylic acids is 1. The van der Waals surface area contributed by atoms with Crippen LogP contribution in [0.15, 0.2) is 30.5 Å². The van der Waals surface area contributed by atoms with Gasteiger partial charge in [0.2, 0.25) is 9.97 Å². The third-order valence-corrected chi connectivity index (χ3v) is 4.69. The number of para-hydroxylation sites is 1. The first-order chi connectivity index (χ1) is 12.4. The highest BCUT2D eigenvalue weighted by atomic mass is 32.1. The number of rotatable bonds is 4. The molecule has 0 radical (unpaired) electrons. The number of alkyl halides is 3. The van der Waals surface area contributed by atoms with Gasteiger partial charge in [0.1, 0.15) is 0 Å². The van der Waals surface area contributed by atoms with Crippen LogP contribution in [0.1, 0.15) is 21.2 Å². The van der Waals surface area contributed by atoms with Gasteiger partial charge in [-0.2, -0.15) is 17.7 Å². The molecule has 4 rings (SSSR count). The molecule has 0 aliphatic heterocycles. The van der Waals surface area contributed by atoms with E-state index in [1.165, 1.54) is 0 Å². The van der Waals surface area contributed by atoms with Crippen molar-refractivity contribution in [3.05, 3.63) is 46.9 Å². The fraction of sp³-hybridized carbons (Fsp3) is 0.200. The molecule has 7 nitrogen and oxygen atoms in total. The molecule has 0 unspecified atom stereocenters. The second-order valence-corrected chi connectivity index (χ2v) is 6.44. The highest BCUT2D eigenvalue weighted by molar-refractivity contribution is 7.18. The molecule has 134 valence electrons. The van der Waals surface area contributed by atoms with Crippen molar-refractivity contribution in [1.29, 1.82) is 0 Å². The molecule has 4 aromatic rings. The topological polar surface area (TPSA) is 88.0 Å². The predicted octanol–water partition coefficient (Wildman–Crippen LogP) is 2.66. The van der Waals surface area contributed by atoms with E-state index in [1.54, 1.807) is 0 Å². The zero-order valence-corrected chi connectivity index (χ0v) is 13.9. The molecule has 0 saturated carbocycles. The minimum Gasteiger partial charge on any atom is -0.361 e. The number of nitrogens with zero attached hydrogens (tertiary/aromatic N) is 4. The summed E-state index contributed by atoms with van der Waals surface area (Å²) in [5.41, 5.74) is 2.04. The molecule has 11 heteroatoms. The largest absolute Gasteiger partial charge is 0.453 e. The van der Waals surface area contributed by atoms with Gasteiger partial charge < -0.3 is 10.3 Å². The van der Waals surface area contributed by atoms with Crippen molar-refractivity contribution in [2.75, 3.05) is 6.54 Å². The van der Waals surface area contributed by atoms with E-state index in [9.17, 15) is 18.0 Å². The number of benzene rings is 1. The zero-order valence-electron chi connectivity index (χ0n) is 13.0. The van der Waals surface area contributed by atoms with E-state index in [2.05, 4.69) is 25.6 Å². The lowest BCUT2D eigenvalue weighted by Crippen LogP contribution is -2.25. The Balaban J connectivity index is 1.45. The van der Waals surface area contributed by atoms with Crippen molar-refractivity contribution in [3.63, 3.8) is 0 Å². The summed E-state index contributed by atoms with van der Waals surface area (Å²) in [6.07, 6.45) is -2.24. The van der Waals surface area contributed by atoms with Gasteiger partial charge in [0.05, 0.1) is 0 Å². The van der Waals surface area contributed by atoms with Crippen LogP contribution in [0.4, 0.5) is 13.2 Å². The third kappa shape index (κ3) is 2.90. The van der Waals surface area contributed by atoms with Crippen molar-refractivity contribution in [2.45, 2.75) is 12.6 Å². The number of amides is 1. The van der Waals surface area contributed by atoms with Crippen LogP contribution in [0.25, 0.3) is 15.9 Å². The summed E-state index contributed by atoms with van der Waals surface area (Å²) in [5, 5.41) is 13.8. The molecule has 0 saturated heterocycles. The van der Waals surface area contributed by atoms with Gasteiger partial charge in [0.25, 0.3) is 11.7 Å². The average Bonchev–Trinajstić information content (AvgIpc) is 3.27. The number of hydrogen-bond donors (Lipinski definition) is 2. The van der Waals surface area contributed by atoms with E-state index in [-0.39, 0.29) is 9.97 Å². The van der Waals surface area contributed by atoms with Gasteiger partial charge in [-0.25, -0.2) is 0 Å². The molecular weight excluding hydrogens is 369 g/mol. The molecule has 0 spiro atoms. The summed E-state index contributed by atoms with van der Waals surface area (Å²) < 4.78 is 38.9. The fourth-order valence-corrected chi connectivity index (χ4v) is 3.37. The number of hydrogen-bond acceptors (Lipinski definition) is 5. The van der Waals surface area contributed by atoms with E-state index in [0.717, 1.165) is 27.8 Å². The number of aromatic amines is 1. The van der Waals surface area contributed by atoms with Crippen LogP contribution in [-0.4, -0.2) is 37.2 Å². The third-order valence-electron chi connectivity index (χ3n) is 3.79. The summed E-state index contributed by atoms with van der Waals surface area (Å²) in [6, 6.07) is 7.78. The zero-order chi connectivity index (χ0) is 18.3. The minimum absolute atomic E-state index is 0.0842. The van der Waals surface area contributed by atoms with E-state index in [0.29, 0.717) is 17.5 Å². The Hall–Kier alpha value is -2.95. The Labute approximate surface area is 147 Å². The summed E-state index contributed by atoms with van der Waals surface area (Å²) in [4.78, 5) is 15.2. The molecule has 3 heterocycles. The van der Waals surface area contributed by atoms with E-state index in [4.69, 9.17) is 0 Å². The molecule has 1 aromatic carbocycles. The molecule has 0 fully saturated rings. The second-order valence-electron chi connectivity index (χ2n) is 5.49. The number of carbonyl (C=O) groups is 1. The maximum Gasteiger partial charge on any atom is 0.453 e. The van der Waals surface area contributed by atoms with Gasteiger partial charge in [-0.1, -0.05) is 29.5 Å². The number of H-pyrrole nitrogens is 1. The normalized spacial score (nSPS) is 12.1. The number of fused-ring (bicyclic) bond motifs is 2. The first kappa shape index (κ1) is 16.5. The quantitative estimate of drug-likeness (QED) is 0.570. The van der Waals surface area contributed by atoms with Gasteiger partial charge in [0, 0.05) is 23.6 Å². The standard InChI is InChI=1S/C15H11F3N6OS/c16-15(17,18)13-21-22-14-24(13)23-12(26-14)11(25)19-6-5-8-7-20-10-4-2-1-3-9(8)10/h1-4,7,20H,5-6H2,(H,19,25). The molecular formula is C15H11F3N6OS. The Kier molecular flexibility index (Phi) is 3.87. The van der Waals surface area contributed by atoms with Crippen molar-refractivity contribution >= 4 is 33.1 Å². The van der Waals surface area contributed by atoms with E-state index < -0.39 is 17.9 Å². The van der Waals surface area contributed by atoms with Gasteiger partial charge in [0.15, 0.2) is 0 Å². The molecule has 0 bridgehead atoms. The van der Waals surface area contributed by atoms with Crippen molar-refractivity contribution < 1.29 is 18.0 Å². The van der Waals surface area contributed by atoms with Crippen LogP contribution in [-0.2, 0) is 12.6 Å². The van der Waals surface area contributed by atoms with Gasteiger partial charge in [-0.3, -0.25) is 4.79 Å². The lowest BCUT2D eigenvalue weighted by Gasteiger charge is -2.02. The highest BCUT2D eigenvalue weighted by Crippen LogP contribution is 2.28. The number of aromatic nitrogens is 5. The summed E-state index contributed by atoms with van der Waals surface area (Å²) in [6.45, 7) is 0.326. The SMILES string of the molecule is O=C(NCCc1c[nH]c2ccccc12)c1nn2c(C(F)(F)F)nnc2s1. The first-order valence-electron chi connectivity index (χ1n) is 7.56. The maximum absolute atomic E-state index is 12.8. The number of halogens is 3. The first-order valence-corrected chi connectivity index (χ1v) is 8.38. The highest BCUT2D eigenvalue weighted by Gasteiger charge is 2.38. The Bertz CT molecular complexity index is 1100. The van der Waals surface area contributed by atoms with E-state index >= 15 is 0 Å². The summed E-state index contributed by atoms with van der Waals surface area (Å²) in [5.74, 6) is -1.80. The summed E-state index contributed by atoms with van der Waals surface area (Å²) >= 11 is 0.753. The molecule has 1 amide bonds. The molecule has 0 aliphatic carbocycles. The van der Waals surface area contributed by atoms with Gasteiger partial charge >= 0.3 is 6.18 Å². The second kappa shape index (κ2) is 6.09.